The third-order valence-corrected chi connectivity index (χ3v) is 3.26. The molecule has 0 bridgehead atoms. The molecule has 0 radical (unpaired) electrons. The van der Waals surface area contributed by atoms with Gasteiger partial charge in [0, 0.05) is 30.1 Å². The molecule has 0 unspecified atom stereocenters. The van der Waals surface area contributed by atoms with E-state index in [1.54, 1.807) is 6.92 Å². The van der Waals surface area contributed by atoms with E-state index in [1.165, 1.54) is 0 Å². The van der Waals surface area contributed by atoms with Gasteiger partial charge in [-0.05, 0) is 17.7 Å². The lowest BCUT2D eigenvalue weighted by atomic mass is 10.2. The molecule has 6 heteroatoms. The van der Waals surface area contributed by atoms with Gasteiger partial charge in [-0.1, -0.05) is 17.7 Å². The maximum atomic E-state index is 6.05. The molecule has 3 rings (SSSR count). The second-order valence-electron chi connectivity index (χ2n) is 4.36. The first-order valence-electron chi connectivity index (χ1n) is 5.93. The Morgan fingerprint density at radius 3 is 2.89 bits per heavy atom. The number of hydrogen-bond acceptors (Lipinski definition) is 4. The Morgan fingerprint density at radius 2 is 2.21 bits per heavy atom. The molecule has 0 aliphatic heterocycles. The zero-order valence-corrected chi connectivity index (χ0v) is 11.2. The van der Waals surface area contributed by atoms with Crippen LogP contribution in [0.5, 0.6) is 0 Å². The fraction of sp³-hybridized carbons (Fsp3) is 0.231. The van der Waals surface area contributed by atoms with E-state index >= 15 is 0 Å². The predicted octanol–water partition coefficient (Wildman–Crippen LogP) is 2.49. The third-order valence-electron chi connectivity index (χ3n) is 3.02. The maximum Gasteiger partial charge on any atom is 0.236 e. The number of aromatic nitrogens is 3. The summed E-state index contributed by atoms with van der Waals surface area (Å²) in [5.41, 5.74) is 7.86. The van der Waals surface area contributed by atoms with Gasteiger partial charge >= 0.3 is 0 Å². The van der Waals surface area contributed by atoms with Gasteiger partial charge in [0.1, 0.15) is 6.54 Å². The number of benzene rings is 1. The average molecular weight is 277 g/mol. The molecule has 3 aromatic rings. The highest BCUT2D eigenvalue weighted by Gasteiger charge is 2.10. The van der Waals surface area contributed by atoms with Crippen LogP contribution in [0.25, 0.3) is 10.9 Å². The Labute approximate surface area is 115 Å². The Morgan fingerprint density at radius 1 is 1.37 bits per heavy atom. The highest BCUT2D eigenvalue weighted by Crippen LogP contribution is 2.25. The third kappa shape index (κ3) is 2.22. The van der Waals surface area contributed by atoms with E-state index in [2.05, 4.69) is 10.2 Å². The molecule has 0 aliphatic carbocycles. The molecular formula is C13H13ClN4O. The van der Waals surface area contributed by atoms with Gasteiger partial charge in [0.25, 0.3) is 0 Å². The molecule has 98 valence electrons. The van der Waals surface area contributed by atoms with Crippen LogP contribution in [0.2, 0.25) is 5.02 Å². The number of nitrogens with two attached hydrogens (primary N) is 1. The summed E-state index contributed by atoms with van der Waals surface area (Å²) < 4.78 is 7.43. The summed E-state index contributed by atoms with van der Waals surface area (Å²) in [6, 6.07) is 5.76. The molecule has 0 atom stereocenters. The largest absolute Gasteiger partial charge is 0.424 e. The van der Waals surface area contributed by atoms with Gasteiger partial charge in [0.15, 0.2) is 0 Å². The van der Waals surface area contributed by atoms with E-state index in [0.717, 1.165) is 16.5 Å². The summed E-state index contributed by atoms with van der Waals surface area (Å²) in [5, 5.41) is 9.62. The quantitative estimate of drug-likeness (QED) is 0.798. The van der Waals surface area contributed by atoms with Crippen molar-refractivity contribution in [3.63, 3.8) is 0 Å². The van der Waals surface area contributed by atoms with Gasteiger partial charge in [-0.25, -0.2) is 0 Å². The van der Waals surface area contributed by atoms with E-state index in [9.17, 15) is 0 Å². The number of aryl methyl sites for hydroxylation is 1. The van der Waals surface area contributed by atoms with Gasteiger partial charge in [-0.2, -0.15) is 0 Å². The summed E-state index contributed by atoms with van der Waals surface area (Å²) in [6.07, 6.45) is 2.00. The van der Waals surface area contributed by atoms with Gasteiger partial charge in [-0.3, -0.25) is 0 Å². The van der Waals surface area contributed by atoms with Crippen molar-refractivity contribution in [2.24, 2.45) is 5.73 Å². The topological polar surface area (TPSA) is 69.9 Å². The van der Waals surface area contributed by atoms with Crippen molar-refractivity contribution in [1.82, 2.24) is 14.8 Å². The van der Waals surface area contributed by atoms with Gasteiger partial charge in [-0.15, -0.1) is 10.2 Å². The second kappa shape index (κ2) is 4.68. The molecule has 2 N–H and O–H groups in total. The lowest BCUT2D eigenvalue weighted by Crippen LogP contribution is -1.99. The van der Waals surface area contributed by atoms with Gasteiger partial charge in [0.2, 0.25) is 11.8 Å². The van der Waals surface area contributed by atoms with Crippen LogP contribution in [0.1, 0.15) is 17.3 Å². The lowest BCUT2D eigenvalue weighted by Gasteiger charge is -2.01. The van der Waals surface area contributed by atoms with E-state index in [-0.39, 0.29) is 0 Å². The molecule has 1 aromatic carbocycles. The number of hydrogen-bond donors (Lipinski definition) is 1. The van der Waals surface area contributed by atoms with Crippen LogP contribution >= 0.6 is 11.6 Å². The maximum absolute atomic E-state index is 6.05. The first-order chi connectivity index (χ1) is 9.17. The first kappa shape index (κ1) is 12.2. The SMILES string of the molecule is Cc1nnc(Cn2cc(CN)c3ccc(Cl)cc32)o1. The summed E-state index contributed by atoms with van der Waals surface area (Å²) >= 11 is 6.05. The molecule has 5 nitrogen and oxygen atoms in total. The number of nitrogens with zero attached hydrogens (tertiary/aromatic N) is 3. The molecule has 0 amide bonds. The zero-order chi connectivity index (χ0) is 13.4. The van der Waals surface area contributed by atoms with E-state index in [1.807, 2.05) is 29.0 Å². The average Bonchev–Trinajstić information content (AvgIpc) is 2.94. The molecule has 2 heterocycles. The minimum Gasteiger partial charge on any atom is -0.424 e. The van der Waals surface area contributed by atoms with Crippen molar-refractivity contribution >= 4 is 22.5 Å². The fourth-order valence-electron chi connectivity index (χ4n) is 2.18. The Kier molecular flexibility index (Phi) is 3.00. The molecule has 19 heavy (non-hydrogen) atoms. The standard InChI is InChI=1S/C13H13ClN4O/c1-8-16-17-13(19-8)7-18-6-9(5-15)11-3-2-10(14)4-12(11)18/h2-4,6H,5,7,15H2,1H3. The fourth-order valence-corrected chi connectivity index (χ4v) is 2.35. The van der Waals surface area contributed by atoms with Crippen molar-refractivity contribution in [3.8, 4) is 0 Å². The summed E-state index contributed by atoms with van der Waals surface area (Å²) in [6.45, 7) is 2.76. The molecule has 0 saturated heterocycles. The van der Waals surface area contributed by atoms with Gasteiger partial charge in [0.05, 0.1) is 5.52 Å². The summed E-state index contributed by atoms with van der Waals surface area (Å²) in [5.74, 6) is 1.13. The highest BCUT2D eigenvalue weighted by molar-refractivity contribution is 6.31. The minimum absolute atomic E-state index is 0.480. The predicted molar refractivity (Wildman–Crippen MR) is 73.0 cm³/mol. The highest BCUT2D eigenvalue weighted by atomic mass is 35.5. The summed E-state index contributed by atoms with van der Waals surface area (Å²) in [4.78, 5) is 0. The normalized spacial score (nSPS) is 11.3. The van der Waals surface area contributed by atoms with Crippen molar-refractivity contribution in [2.45, 2.75) is 20.0 Å². The molecule has 0 fully saturated rings. The van der Waals surface area contributed by atoms with E-state index in [4.69, 9.17) is 21.8 Å². The molecular weight excluding hydrogens is 264 g/mol. The van der Waals surface area contributed by atoms with Crippen LogP contribution in [-0.4, -0.2) is 14.8 Å². The van der Waals surface area contributed by atoms with Crippen molar-refractivity contribution < 1.29 is 4.42 Å². The number of fused-ring (bicyclic) bond motifs is 1. The van der Waals surface area contributed by atoms with E-state index in [0.29, 0.717) is 29.9 Å². The van der Waals surface area contributed by atoms with Crippen molar-refractivity contribution in [1.29, 1.82) is 0 Å². The molecule has 0 spiro atoms. The van der Waals surface area contributed by atoms with Crippen LogP contribution < -0.4 is 5.73 Å². The van der Waals surface area contributed by atoms with E-state index < -0.39 is 0 Å². The van der Waals surface area contributed by atoms with Crippen LogP contribution in [0.3, 0.4) is 0 Å². The Balaban J connectivity index is 2.09. The van der Waals surface area contributed by atoms with Crippen LogP contribution in [0.4, 0.5) is 0 Å². The van der Waals surface area contributed by atoms with Crippen LogP contribution in [0, 0.1) is 6.92 Å². The first-order valence-corrected chi connectivity index (χ1v) is 6.31. The minimum atomic E-state index is 0.480. The van der Waals surface area contributed by atoms with Gasteiger partial charge < -0.3 is 14.7 Å². The number of rotatable bonds is 3. The second-order valence-corrected chi connectivity index (χ2v) is 4.80. The lowest BCUT2D eigenvalue weighted by molar-refractivity contribution is 0.457. The summed E-state index contributed by atoms with van der Waals surface area (Å²) in [7, 11) is 0. The Bertz CT molecular complexity index is 731. The molecule has 2 aromatic heterocycles. The monoisotopic (exact) mass is 276 g/mol. The van der Waals surface area contributed by atoms with Crippen LogP contribution in [-0.2, 0) is 13.1 Å². The molecule has 0 saturated carbocycles. The Hall–Kier alpha value is -1.85. The zero-order valence-electron chi connectivity index (χ0n) is 10.4. The van der Waals surface area contributed by atoms with Crippen molar-refractivity contribution in [2.75, 3.05) is 0 Å². The van der Waals surface area contributed by atoms with Crippen LogP contribution in [0.15, 0.2) is 28.8 Å². The smallest absolute Gasteiger partial charge is 0.236 e. The molecule has 0 aliphatic rings. The number of halogens is 1. The van der Waals surface area contributed by atoms with Crippen molar-refractivity contribution in [3.05, 3.63) is 46.8 Å².